The van der Waals surface area contributed by atoms with Gasteiger partial charge < -0.3 is 4.57 Å². The number of fused-ring (bicyclic) bond motifs is 1. The standard InChI is InChI=1S/C15H20N2O/c1-4-10-17-13-9-7-6-8-12(13)16-14(15(17)18)11(3)5-2/h6-9,11H,4-5,10H2,1-3H3. The van der Waals surface area contributed by atoms with Gasteiger partial charge in [0.25, 0.3) is 5.56 Å². The van der Waals surface area contributed by atoms with Gasteiger partial charge in [-0.25, -0.2) is 4.98 Å². The Labute approximate surface area is 107 Å². The van der Waals surface area contributed by atoms with Crippen LogP contribution in [0.25, 0.3) is 11.0 Å². The molecule has 1 aromatic carbocycles. The molecule has 3 nitrogen and oxygen atoms in total. The Morgan fingerprint density at radius 3 is 2.67 bits per heavy atom. The number of aromatic nitrogens is 2. The monoisotopic (exact) mass is 244 g/mol. The molecule has 1 aromatic heterocycles. The Bertz CT molecular complexity index is 601. The SMILES string of the molecule is CCCn1c(=O)c(C(C)CC)nc2ccccc21. The highest BCUT2D eigenvalue weighted by atomic mass is 16.1. The number of rotatable bonds is 4. The number of hydrogen-bond acceptors (Lipinski definition) is 2. The normalized spacial score (nSPS) is 12.8. The fraction of sp³-hybridized carbons (Fsp3) is 0.467. The molecule has 0 saturated carbocycles. The van der Waals surface area contributed by atoms with Crippen molar-refractivity contribution in [3.05, 3.63) is 40.3 Å². The summed E-state index contributed by atoms with van der Waals surface area (Å²) in [6.45, 7) is 7.00. The molecular formula is C15H20N2O. The molecule has 2 rings (SSSR count). The van der Waals surface area contributed by atoms with Crippen molar-refractivity contribution in [1.82, 2.24) is 9.55 Å². The van der Waals surface area contributed by atoms with E-state index in [1.165, 1.54) is 0 Å². The Kier molecular flexibility index (Phi) is 3.80. The third kappa shape index (κ3) is 2.17. The van der Waals surface area contributed by atoms with Crippen molar-refractivity contribution < 1.29 is 0 Å². The van der Waals surface area contributed by atoms with Crippen LogP contribution in [0, 0.1) is 0 Å². The van der Waals surface area contributed by atoms with Gasteiger partial charge >= 0.3 is 0 Å². The second kappa shape index (κ2) is 5.34. The van der Waals surface area contributed by atoms with E-state index in [4.69, 9.17) is 0 Å². The van der Waals surface area contributed by atoms with Crippen LogP contribution < -0.4 is 5.56 Å². The first-order valence-corrected chi connectivity index (χ1v) is 6.68. The Hall–Kier alpha value is -1.64. The molecule has 1 heterocycles. The van der Waals surface area contributed by atoms with Gasteiger partial charge in [-0.05, 0) is 25.0 Å². The first kappa shape index (κ1) is 12.8. The second-order valence-corrected chi connectivity index (χ2v) is 4.75. The second-order valence-electron chi connectivity index (χ2n) is 4.75. The lowest BCUT2D eigenvalue weighted by atomic mass is 10.1. The van der Waals surface area contributed by atoms with Gasteiger partial charge in [0.15, 0.2) is 0 Å². The Morgan fingerprint density at radius 2 is 2.00 bits per heavy atom. The summed E-state index contributed by atoms with van der Waals surface area (Å²) < 4.78 is 1.86. The Morgan fingerprint density at radius 1 is 1.28 bits per heavy atom. The van der Waals surface area contributed by atoms with E-state index in [0.717, 1.165) is 30.4 Å². The van der Waals surface area contributed by atoms with Crippen molar-refractivity contribution in [2.45, 2.75) is 46.1 Å². The Balaban J connectivity index is 2.75. The number of benzene rings is 1. The molecule has 0 aliphatic carbocycles. The smallest absolute Gasteiger partial charge is 0.273 e. The zero-order valence-electron chi connectivity index (χ0n) is 11.3. The average molecular weight is 244 g/mol. The van der Waals surface area contributed by atoms with Crippen molar-refractivity contribution in [3.63, 3.8) is 0 Å². The molecule has 2 aromatic rings. The molecule has 0 radical (unpaired) electrons. The van der Waals surface area contributed by atoms with E-state index < -0.39 is 0 Å². The van der Waals surface area contributed by atoms with E-state index in [1.54, 1.807) is 0 Å². The van der Waals surface area contributed by atoms with Crippen molar-refractivity contribution in [1.29, 1.82) is 0 Å². The van der Waals surface area contributed by atoms with E-state index in [2.05, 4.69) is 25.8 Å². The summed E-state index contributed by atoms with van der Waals surface area (Å²) in [5.41, 5.74) is 2.63. The number of hydrogen-bond donors (Lipinski definition) is 0. The summed E-state index contributed by atoms with van der Waals surface area (Å²) in [4.78, 5) is 17.0. The summed E-state index contributed by atoms with van der Waals surface area (Å²) in [5, 5.41) is 0. The highest BCUT2D eigenvalue weighted by Crippen LogP contribution is 2.17. The minimum Gasteiger partial charge on any atom is -0.305 e. The summed E-state index contributed by atoms with van der Waals surface area (Å²) in [7, 11) is 0. The predicted molar refractivity (Wildman–Crippen MR) is 75.0 cm³/mol. The molecule has 1 unspecified atom stereocenters. The van der Waals surface area contributed by atoms with Gasteiger partial charge in [0.1, 0.15) is 5.69 Å². The van der Waals surface area contributed by atoms with Crippen molar-refractivity contribution in [2.24, 2.45) is 0 Å². The molecule has 96 valence electrons. The van der Waals surface area contributed by atoms with Crippen molar-refractivity contribution in [2.75, 3.05) is 0 Å². The summed E-state index contributed by atoms with van der Waals surface area (Å²) in [6, 6.07) is 7.88. The van der Waals surface area contributed by atoms with Gasteiger partial charge in [0.2, 0.25) is 0 Å². The van der Waals surface area contributed by atoms with E-state index in [-0.39, 0.29) is 11.5 Å². The van der Waals surface area contributed by atoms with Gasteiger partial charge in [-0.15, -0.1) is 0 Å². The molecule has 1 atom stereocenters. The van der Waals surface area contributed by atoms with E-state index in [0.29, 0.717) is 5.69 Å². The molecule has 0 amide bonds. The van der Waals surface area contributed by atoms with Crippen LogP contribution in [0.15, 0.2) is 29.1 Å². The zero-order valence-corrected chi connectivity index (χ0v) is 11.3. The maximum absolute atomic E-state index is 12.5. The van der Waals surface area contributed by atoms with Crippen LogP contribution in [0.2, 0.25) is 0 Å². The lowest BCUT2D eigenvalue weighted by Crippen LogP contribution is -2.27. The third-order valence-electron chi connectivity index (χ3n) is 3.40. The summed E-state index contributed by atoms with van der Waals surface area (Å²) in [5.74, 6) is 0.213. The maximum Gasteiger partial charge on any atom is 0.273 e. The number of nitrogens with zero attached hydrogens (tertiary/aromatic N) is 2. The summed E-state index contributed by atoms with van der Waals surface area (Å²) in [6.07, 6.45) is 1.89. The predicted octanol–water partition coefficient (Wildman–Crippen LogP) is 3.32. The molecule has 0 saturated heterocycles. The highest BCUT2D eigenvalue weighted by molar-refractivity contribution is 5.74. The molecule has 0 fully saturated rings. The van der Waals surface area contributed by atoms with Gasteiger partial charge in [0, 0.05) is 12.5 Å². The molecule has 0 spiro atoms. The third-order valence-corrected chi connectivity index (χ3v) is 3.40. The van der Waals surface area contributed by atoms with Crippen LogP contribution in [0.4, 0.5) is 0 Å². The van der Waals surface area contributed by atoms with Crippen LogP contribution >= 0.6 is 0 Å². The van der Waals surface area contributed by atoms with Gasteiger partial charge in [-0.1, -0.05) is 32.9 Å². The minimum absolute atomic E-state index is 0.0740. The van der Waals surface area contributed by atoms with Crippen LogP contribution in [-0.4, -0.2) is 9.55 Å². The minimum atomic E-state index is 0.0740. The van der Waals surface area contributed by atoms with E-state index >= 15 is 0 Å². The largest absolute Gasteiger partial charge is 0.305 e. The lowest BCUT2D eigenvalue weighted by molar-refractivity contribution is 0.633. The van der Waals surface area contributed by atoms with E-state index in [9.17, 15) is 4.79 Å². The molecule has 0 aliphatic rings. The molecule has 0 bridgehead atoms. The first-order chi connectivity index (χ1) is 8.69. The molecule has 3 heteroatoms. The highest BCUT2D eigenvalue weighted by Gasteiger charge is 2.14. The van der Waals surface area contributed by atoms with Crippen LogP contribution in [0.5, 0.6) is 0 Å². The van der Waals surface area contributed by atoms with Crippen molar-refractivity contribution >= 4 is 11.0 Å². The van der Waals surface area contributed by atoms with Gasteiger partial charge in [-0.3, -0.25) is 4.79 Å². The molecule has 18 heavy (non-hydrogen) atoms. The topological polar surface area (TPSA) is 34.9 Å². The van der Waals surface area contributed by atoms with Gasteiger partial charge in [0.05, 0.1) is 11.0 Å². The number of para-hydroxylation sites is 2. The fourth-order valence-corrected chi connectivity index (χ4v) is 2.17. The molecule has 0 N–H and O–H groups in total. The van der Waals surface area contributed by atoms with Crippen LogP contribution in [0.3, 0.4) is 0 Å². The van der Waals surface area contributed by atoms with Crippen LogP contribution in [-0.2, 0) is 6.54 Å². The molecular weight excluding hydrogens is 224 g/mol. The molecule has 0 aliphatic heterocycles. The fourth-order valence-electron chi connectivity index (χ4n) is 2.17. The maximum atomic E-state index is 12.5. The van der Waals surface area contributed by atoms with Gasteiger partial charge in [-0.2, -0.15) is 0 Å². The lowest BCUT2D eigenvalue weighted by Gasteiger charge is -2.14. The zero-order chi connectivity index (χ0) is 13.1. The average Bonchev–Trinajstić information content (AvgIpc) is 2.41. The van der Waals surface area contributed by atoms with E-state index in [1.807, 2.05) is 28.8 Å². The quantitative estimate of drug-likeness (QED) is 0.827. The first-order valence-electron chi connectivity index (χ1n) is 6.68. The summed E-state index contributed by atoms with van der Waals surface area (Å²) >= 11 is 0. The van der Waals surface area contributed by atoms with Crippen LogP contribution in [0.1, 0.15) is 45.2 Å². The van der Waals surface area contributed by atoms with Crippen molar-refractivity contribution in [3.8, 4) is 0 Å². The number of aryl methyl sites for hydroxylation is 1.